The number of hydrogen-bond acceptors (Lipinski definition) is 5. The van der Waals surface area contributed by atoms with Gasteiger partial charge in [0.25, 0.3) is 0 Å². The molecule has 1 aliphatic heterocycles. The van der Waals surface area contributed by atoms with Crippen molar-refractivity contribution in [2.75, 3.05) is 25.6 Å². The Kier molecular flexibility index (Phi) is 5.15. The van der Waals surface area contributed by atoms with E-state index in [1.807, 2.05) is 0 Å². The van der Waals surface area contributed by atoms with Crippen LogP contribution in [0, 0.1) is 0 Å². The van der Waals surface area contributed by atoms with E-state index in [0.717, 1.165) is 11.8 Å². The van der Waals surface area contributed by atoms with Gasteiger partial charge in [-0.05, 0) is 30.5 Å². The molecule has 0 aromatic heterocycles. The highest BCUT2D eigenvalue weighted by molar-refractivity contribution is 7.91. The third-order valence-electron chi connectivity index (χ3n) is 4.08. The zero-order chi connectivity index (χ0) is 17.3. The van der Waals surface area contributed by atoms with Gasteiger partial charge in [-0.1, -0.05) is 12.1 Å². The van der Waals surface area contributed by atoms with Gasteiger partial charge in [0.15, 0.2) is 19.7 Å². The van der Waals surface area contributed by atoms with E-state index in [1.165, 1.54) is 18.4 Å². The van der Waals surface area contributed by atoms with E-state index in [2.05, 4.69) is 0 Å². The number of aryl methyl sites for hydroxylation is 1. The van der Waals surface area contributed by atoms with Gasteiger partial charge >= 0.3 is 0 Å². The number of hydrogen-bond donors (Lipinski definition) is 0. The molecule has 0 saturated carbocycles. The molecular weight excluding hydrogens is 338 g/mol. The van der Waals surface area contributed by atoms with Gasteiger partial charge in [-0.3, -0.25) is 4.79 Å². The Labute approximate surface area is 137 Å². The minimum absolute atomic E-state index is 0.0664. The molecule has 128 valence electrons. The quantitative estimate of drug-likeness (QED) is 0.771. The fourth-order valence-electron chi connectivity index (χ4n) is 2.62. The van der Waals surface area contributed by atoms with Crippen molar-refractivity contribution in [1.29, 1.82) is 0 Å². The van der Waals surface area contributed by atoms with Crippen molar-refractivity contribution in [3.05, 3.63) is 29.8 Å². The molecule has 1 aliphatic rings. The Hall–Kier alpha value is -1.41. The second kappa shape index (κ2) is 6.60. The molecule has 1 aromatic carbocycles. The standard InChI is InChI=1S/C15H21NO5S2/c1-22(18,19)13-6-3-12(4-7-13)5-8-15(17)16-10-9-14(11-16)23(2,20)21/h3-4,6-7,14H,5,8-11H2,1-2H3. The highest BCUT2D eigenvalue weighted by Gasteiger charge is 2.32. The lowest BCUT2D eigenvalue weighted by Gasteiger charge is -2.16. The topological polar surface area (TPSA) is 88.6 Å². The van der Waals surface area contributed by atoms with Crippen LogP contribution in [-0.4, -0.2) is 58.5 Å². The number of carbonyl (C=O) groups is 1. The Balaban J connectivity index is 1.90. The third kappa shape index (κ3) is 4.78. The zero-order valence-electron chi connectivity index (χ0n) is 13.2. The van der Waals surface area contributed by atoms with Crippen molar-refractivity contribution in [2.24, 2.45) is 0 Å². The molecule has 0 spiro atoms. The maximum Gasteiger partial charge on any atom is 0.222 e. The molecule has 0 aliphatic carbocycles. The summed E-state index contributed by atoms with van der Waals surface area (Å²) >= 11 is 0. The number of rotatable bonds is 5. The van der Waals surface area contributed by atoms with Crippen molar-refractivity contribution in [3.63, 3.8) is 0 Å². The van der Waals surface area contributed by atoms with Crippen LogP contribution in [-0.2, 0) is 30.9 Å². The number of sulfone groups is 2. The molecule has 8 heteroatoms. The molecule has 1 atom stereocenters. The van der Waals surface area contributed by atoms with E-state index in [9.17, 15) is 21.6 Å². The third-order valence-corrected chi connectivity index (χ3v) is 6.81. The predicted molar refractivity (Wildman–Crippen MR) is 87.7 cm³/mol. The summed E-state index contributed by atoms with van der Waals surface area (Å²) in [5.41, 5.74) is 0.879. The van der Waals surface area contributed by atoms with E-state index < -0.39 is 24.9 Å². The summed E-state index contributed by atoms with van der Waals surface area (Å²) in [7, 11) is -6.32. The first-order valence-corrected chi connectivity index (χ1v) is 11.2. The molecule has 1 unspecified atom stereocenters. The minimum Gasteiger partial charge on any atom is -0.341 e. The largest absolute Gasteiger partial charge is 0.341 e. The second-order valence-electron chi connectivity index (χ2n) is 6.00. The Morgan fingerprint density at radius 3 is 2.22 bits per heavy atom. The van der Waals surface area contributed by atoms with Gasteiger partial charge in [-0.2, -0.15) is 0 Å². The lowest BCUT2D eigenvalue weighted by atomic mass is 10.1. The van der Waals surface area contributed by atoms with Gasteiger partial charge in [-0.25, -0.2) is 16.8 Å². The van der Waals surface area contributed by atoms with E-state index in [1.54, 1.807) is 17.0 Å². The lowest BCUT2D eigenvalue weighted by molar-refractivity contribution is -0.130. The fraction of sp³-hybridized carbons (Fsp3) is 0.533. The molecule has 1 fully saturated rings. The zero-order valence-corrected chi connectivity index (χ0v) is 14.9. The van der Waals surface area contributed by atoms with Crippen molar-refractivity contribution in [3.8, 4) is 0 Å². The van der Waals surface area contributed by atoms with Gasteiger partial charge in [0.2, 0.25) is 5.91 Å². The van der Waals surface area contributed by atoms with Crippen molar-refractivity contribution in [1.82, 2.24) is 4.90 Å². The number of likely N-dealkylation sites (tertiary alicyclic amines) is 1. The highest BCUT2D eigenvalue weighted by Crippen LogP contribution is 2.18. The molecule has 1 saturated heterocycles. The van der Waals surface area contributed by atoms with Crippen molar-refractivity contribution < 1.29 is 21.6 Å². The van der Waals surface area contributed by atoms with Crippen LogP contribution in [0.2, 0.25) is 0 Å². The first-order valence-electron chi connectivity index (χ1n) is 7.33. The predicted octanol–water partition coefficient (Wildman–Crippen LogP) is 0.668. The van der Waals surface area contributed by atoms with Crippen LogP contribution < -0.4 is 0 Å². The van der Waals surface area contributed by atoms with Crippen molar-refractivity contribution in [2.45, 2.75) is 29.4 Å². The molecule has 1 aromatic rings. The first kappa shape index (κ1) is 17.9. The summed E-state index contributed by atoms with van der Waals surface area (Å²) in [5, 5.41) is -0.458. The van der Waals surface area contributed by atoms with Crippen LogP contribution in [0.25, 0.3) is 0 Å². The van der Waals surface area contributed by atoms with Gasteiger partial charge in [0.1, 0.15) is 0 Å². The highest BCUT2D eigenvalue weighted by atomic mass is 32.2. The van der Waals surface area contributed by atoms with E-state index >= 15 is 0 Å². The maximum atomic E-state index is 12.2. The van der Waals surface area contributed by atoms with Crippen LogP contribution in [0.4, 0.5) is 0 Å². The van der Waals surface area contributed by atoms with Crippen molar-refractivity contribution >= 4 is 25.6 Å². The van der Waals surface area contributed by atoms with E-state index in [0.29, 0.717) is 19.4 Å². The molecular formula is C15H21NO5S2. The fourth-order valence-corrected chi connectivity index (χ4v) is 4.23. The van der Waals surface area contributed by atoms with Gasteiger partial charge in [0.05, 0.1) is 10.1 Å². The lowest BCUT2D eigenvalue weighted by Crippen LogP contribution is -2.31. The van der Waals surface area contributed by atoms with E-state index in [-0.39, 0.29) is 23.8 Å². The van der Waals surface area contributed by atoms with Crippen LogP contribution in [0.15, 0.2) is 29.2 Å². The molecule has 0 N–H and O–H groups in total. The smallest absolute Gasteiger partial charge is 0.222 e. The van der Waals surface area contributed by atoms with Crippen LogP contribution in [0.1, 0.15) is 18.4 Å². The van der Waals surface area contributed by atoms with Gasteiger partial charge in [-0.15, -0.1) is 0 Å². The molecule has 1 amide bonds. The molecule has 1 heterocycles. The summed E-state index contributed by atoms with van der Waals surface area (Å²) in [6, 6.07) is 6.47. The molecule has 6 nitrogen and oxygen atoms in total. The Morgan fingerprint density at radius 2 is 1.74 bits per heavy atom. The Bertz CT molecular complexity index is 782. The molecule has 2 rings (SSSR count). The number of nitrogens with zero attached hydrogens (tertiary/aromatic N) is 1. The number of carbonyl (C=O) groups excluding carboxylic acids is 1. The van der Waals surface area contributed by atoms with E-state index in [4.69, 9.17) is 0 Å². The monoisotopic (exact) mass is 359 g/mol. The van der Waals surface area contributed by atoms with Gasteiger partial charge in [0, 0.05) is 32.0 Å². The number of amides is 1. The normalized spacial score (nSPS) is 19.0. The first-order chi connectivity index (χ1) is 10.6. The molecule has 0 bridgehead atoms. The SMILES string of the molecule is CS(=O)(=O)c1ccc(CCC(=O)N2CCC(S(C)(=O)=O)C2)cc1. The molecule has 23 heavy (non-hydrogen) atoms. The Morgan fingerprint density at radius 1 is 1.13 bits per heavy atom. The average Bonchev–Trinajstić information content (AvgIpc) is 2.94. The summed E-state index contributed by atoms with van der Waals surface area (Å²) in [6.07, 6.45) is 3.64. The van der Waals surface area contributed by atoms with Crippen LogP contribution >= 0.6 is 0 Å². The maximum absolute atomic E-state index is 12.2. The summed E-state index contributed by atoms with van der Waals surface area (Å²) in [4.78, 5) is 14.0. The second-order valence-corrected chi connectivity index (χ2v) is 10.3. The van der Waals surface area contributed by atoms with Crippen LogP contribution in [0.5, 0.6) is 0 Å². The molecule has 0 radical (unpaired) electrons. The average molecular weight is 359 g/mol. The minimum atomic E-state index is -3.22. The summed E-state index contributed by atoms with van der Waals surface area (Å²) < 4.78 is 45.8. The summed E-state index contributed by atoms with van der Waals surface area (Å²) in [5.74, 6) is -0.0664. The number of benzene rings is 1. The van der Waals surface area contributed by atoms with Gasteiger partial charge < -0.3 is 4.90 Å². The summed E-state index contributed by atoms with van der Waals surface area (Å²) in [6.45, 7) is 0.744. The van der Waals surface area contributed by atoms with Crippen LogP contribution in [0.3, 0.4) is 0 Å².